The molecule has 0 N–H and O–H groups in total. The lowest BCUT2D eigenvalue weighted by molar-refractivity contribution is 0.0762. The molecule has 0 aromatic carbocycles. The van der Waals surface area contributed by atoms with Crippen LogP contribution >= 0.6 is 11.3 Å². The Bertz CT molecular complexity index is 356. The summed E-state index contributed by atoms with van der Waals surface area (Å²) in [4.78, 5) is 15.1. The molecule has 3 heteroatoms. The van der Waals surface area contributed by atoms with Crippen molar-refractivity contribution in [3.63, 3.8) is 0 Å². The van der Waals surface area contributed by atoms with E-state index in [1.54, 1.807) is 11.3 Å². The van der Waals surface area contributed by atoms with E-state index in [0.29, 0.717) is 5.41 Å². The van der Waals surface area contributed by atoms with E-state index in [2.05, 4.69) is 13.8 Å². The van der Waals surface area contributed by atoms with Crippen molar-refractivity contribution in [2.75, 3.05) is 13.1 Å². The van der Waals surface area contributed by atoms with Crippen LogP contribution < -0.4 is 0 Å². The Kier molecular flexibility index (Phi) is 3.33. The fraction of sp³-hybridized carbons (Fsp3) is 0.615. The quantitative estimate of drug-likeness (QED) is 0.733. The molecule has 1 aromatic heterocycles. The molecule has 0 aliphatic carbocycles. The van der Waals surface area contributed by atoms with Gasteiger partial charge < -0.3 is 4.90 Å². The zero-order valence-electron chi connectivity index (χ0n) is 10.0. The fourth-order valence-electron chi connectivity index (χ4n) is 2.18. The summed E-state index contributed by atoms with van der Waals surface area (Å²) in [6.45, 7) is 6.42. The molecule has 1 aromatic rings. The van der Waals surface area contributed by atoms with Crippen LogP contribution in [0, 0.1) is 5.41 Å². The average Bonchev–Trinajstić information content (AvgIpc) is 2.69. The van der Waals surface area contributed by atoms with Crippen LogP contribution in [0.15, 0.2) is 17.5 Å². The Labute approximate surface area is 101 Å². The number of amides is 1. The Morgan fingerprint density at radius 2 is 2.19 bits per heavy atom. The summed E-state index contributed by atoms with van der Waals surface area (Å²) in [5, 5.41) is 1.97. The van der Waals surface area contributed by atoms with Gasteiger partial charge in [0.25, 0.3) is 5.91 Å². The molecule has 1 aliphatic heterocycles. The minimum Gasteiger partial charge on any atom is -0.338 e. The van der Waals surface area contributed by atoms with Crippen molar-refractivity contribution < 1.29 is 4.79 Å². The molecule has 0 unspecified atom stereocenters. The first-order chi connectivity index (χ1) is 7.58. The maximum Gasteiger partial charge on any atom is 0.263 e. The van der Waals surface area contributed by atoms with Gasteiger partial charge in [-0.25, -0.2) is 0 Å². The van der Waals surface area contributed by atoms with Gasteiger partial charge in [-0.1, -0.05) is 19.9 Å². The van der Waals surface area contributed by atoms with Crippen LogP contribution in [0.1, 0.15) is 42.8 Å². The van der Waals surface area contributed by atoms with Crippen LogP contribution in [-0.4, -0.2) is 23.9 Å². The predicted octanol–water partition coefficient (Wildman–Crippen LogP) is 3.40. The molecule has 1 fully saturated rings. The van der Waals surface area contributed by atoms with E-state index in [4.69, 9.17) is 0 Å². The molecule has 1 aliphatic rings. The van der Waals surface area contributed by atoms with E-state index < -0.39 is 0 Å². The van der Waals surface area contributed by atoms with Gasteiger partial charge in [0.2, 0.25) is 0 Å². The summed E-state index contributed by atoms with van der Waals surface area (Å²) in [7, 11) is 0. The Morgan fingerprint density at radius 3 is 2.88 bits per heavy atom. The lowest BCUT2D eigenvalue weighted by Crippen LogP contribution is -2.31. The Hall–Kier alpha value is -0.830. The summed E-state index contributed by atoms with van der Waals surface area (Å²) in [6.07, 6.45) is 3.47. The van der Waals surface area contributed by atoms with E-state index >= 15 is 0 Å². The van der Waals surface area contributed by atoms with Gasteiger partial charge in [-0.15, -0.1) is 11.3 Å². The van der Waals surface area contributed by atoms with Crippen molar-refractivity contribution in [2.24, 2.45) is 5.41 Å². The van der Waals surface area contributed by atoms with Crippen LogP contribution in [0.3, 0.4) is 0 Å². The molecule has 2 heterocycles. The molecule has 1 amide bonds. The van der Waals surface area contributed by atoms with Gasteiger partial charge >= 0.3 is 0 Å². The van der Waals surface area contributed by atoms with Crippen LogP contribution in [0.25, 0.3) is 0 Å². The molecule has 0 bridgehead atoms. The second-order valence-corrected chi connectivity index (χ2v) is 6.23. The summed E-state index contributed by atoms with van der Waals surface area (Å²) < 4.78 is 0. The Balaban J connectivity index is 2.03. The monoisotopic (exact) mass is 237 g/mol. The highest BCUT2D eigenvalue weighted by atomic mass is 32.1. The summed E-state index contributed by atoms with van der Waals surface area (Å²) in [6, 6.07) is 3.86. The average molecular weight is 237 g/mol. The van der Waals surface area contributed by atoms with Gasteiger partial charge in [0.15, 0.2) is 0 Å². The first kappa shape index (κ1) is 11.6. The van der Waals surface area contributed by atoms with Crippen LogP contribution in [0.4, 0.5) is 0 Å². The zero-order chi connectivity index (χ0) is 11.6. The highest BCUT2D eigenvalue weighted by Gasteiger charge is 2.26. The number of hydrogen-bond acceptors (Lipinski definition) is 2. The van der Waals surface area contributed by atoms with Gasteiger partial charge in [-0.05, 0) is 36.1 Å². The third-order valence-corrected chi connectivity index (χ3v) is 4.22. The van der Waals surface area contributed by atoms with Crippen molar-refractivity contribution in [2.45, 2.75) is 33.1 Å². The van der Waals surface area contributed by atoms with Gasteiger partial charge in [0.05, 0.1) is 4.88 Å². The molecule has 0 spiro atoms. The van der Waals surface area contributed by atoms with E-state index in [1.807, 2.05) is 22.4 Å². The van der Waals surface area contributed by atoms with Crippen molar-refractivity contribution in [3.8, 4) is 0 Å². The molecular weight excluding hydrogens is 218 g/mol. The highest BCUT2D eigenvalue weighted by Crippen LogP contribution is 2.30. The van der Waals surface area contributed by atoms with Crippen molar-refractivity contribution in [1.82, 2.24) is 4.90 Å². The predicted molar refractivity (Wildman–Crippen MR) is 67.9 cm³/mol. The first-order valence-electron chi connectivity index (χ1n) is 5.91. The molecule has 2 rings (SSSR count). The van der Waals surface area contributed by atoms with Gasteiger partial charge in [-0.2, -0.15) is 0 Å². The standard InChI is InChI=1S/C13H19NOS/c1-13(2)6-4-8-14(9-7-13)12(15)11-5-3-10-16-11/h3,5,10H,4,6-9H2,1-2H3. The van der Waals surface area contributed by atoms with Gasteiger partial charge in [0.1, 0.15) is 0 Å². The SMILES string of the molecule is CC1(C)CCCN(C(=O)c2cccs2)CC1. The number of rotatable bonds is 1. The van der Waals surface area contributed by atoms with E-state index in [0.717, 1.165) is 30.8 Å². The van der Waals surface area contributed by atoms with Crippen LogP contribution in [0.2, 0.25) is 0 Å². The van der Waals surface area contributed by atoms with Gasteiger partial charge in [0, 0.05) is 13.1 Å². The number of carbonyl (C=O) groups is 1. The Morgan fingerprint density at radius 1 is 1.38 bits per heavy atom. The maximum atomic E-state index is 12.2. The molecule has 1 saturated heterocycles. The molecule has 2 nitrogen and oxygen atoms in total. The van der Waals surface area contributed by atoms with E-state index in [9.17, 15) is 4.79 Å². The molecule has 16 heavy (non-hydrogen) atoms. The normalized spacial score (nSPS) is 20.5. The number of hydrogen-bond donors (Lipinski definition) is 0. The minimum absolute atomic E-state index is 0.215. The summed E-state index contributed by atoms with van der Waals surface area (Å²) in [5.41, 5.74) is 0.393. The molecule has 0 radical (unpaired) electrons. The molecular formula is C13H19NOS. The summed E-state index contributed by atoms with van der Waals surface area (Å²) in [5.74, 6) is 0.215. The molecule has 0 saturated carbocycles. The van der Waals surface area contributed by atoms with Gasteiger partial charge in [-0.3, -0.25) is 4.79 Å². The second-order valence-electron chi connectivity index (χ2n) is 5.29. The second kappa shape index (κ2) is 4.58. The van der Waals surface area contributed by atoms with Crippen LogP contribution in [-0.2, 0) is 0 Å². The van der Waals surface area contributed by atoms with Crippen LogP contribution in [0.5, 0.6) is 0 Å². The number of likely N-dealkylation sites (tertiary alicyclic amines) is 1. The minimum atomic E-state index is 0.215. The number of thiophene rings is 1. The number of carbonyl (C=O) groups excluding carboxylic acids is 1. The van der Waals surface area contributed by atoms with E-state index in [-0.39, 0.29) is 5.91 Å². The third-order valence-electron chi connectivity index (χ3n) is 3.36. The van der Waals surface area contributed by atoms with Crippen molar-refractivity contribution in [1.29, 1.82) is 0 Å². The highest BCUT2D eigenvalue weighted by molar-refractivity contribution is 7.12. The molecule has 88 valence electrons. The smallest absolute Gasteiger partial charge is 0.263 e. The van der Waals surface area contributed by atoms with E-state index in [1.165, 1.54) is 6.42 Å². The first-order valence-corrected chi connectivity index (χ1v) is 6.79. The fourth-order valence-corrected chi connectivity index (χ4v) is 2.87. The third kappa shape index (κ3) is 2.64. The largest absolute Gasteiger partial charge is 0.338 e. The van der Waals surface area contributed by atoms with Crippen molar-refractivity contribution in [3.05, 3.63) is 22.4 Å². The maximum absolute atomic E-state index is 12.2. The lowest BCUT2D eigenvalue weighted by atomic mass is 9.85. The topological polar surface area (TPSA) is 20.3 Å². The zero-order valence-corrected chi connectivity index (χ0v) is 10.8. The van der Waals surface area contributed by atoms with Crippen molar-refractivity contribution >= 4 is 17.2 Å². The summed E-state index contributed by atoms with van der Waals surface area (Å²) >= 11 is 1.54. The lowest BCUT2D eigenvalue weighted by Gasteiger charge is -2.23. The number of nitrogens with zero attached hydrogens (tertiary/aromatic N) is 1. The molecule has 0 atom stereocenters.